The Morgan fingerprint density at radius 2 is 1.82 bits per heavy atom. The van der Waals surface area contributed by atoms with E-state index in [4.69, 9.17) is 4.74 Å². The van der Waals surface area contributed by atoms with E-state index in [9.17, 15) is 9.59 Å². The number of hydrogen-bond donors (Lipinski definition) is 1. The Kier molecular flexibility index (Phi) is 6.47. The monoisotopic (exact) mass is 382 g/mol. The third-order valence-electron chi connectivity index (χ3n) is 4.91. The van der Waals surface area contributed by atoms with Gasteiger partial charge in [-0.2, -0.15) is 0 Å². The summed E-state index contributed by atoms with van der Waals surface area (Å²) in [6.07, 6.45) is 2.45. The number of methoxy groups -OCH3 is 1. The van der Waals surface area contributed by atoms with Crippen molar-refractivity contribution in [1.82, 2.24) is 14.8 Å². The third kappa shape index (κ3) is 4.79. The molecule has 3 rings (SSSR count). The van der Waals surface area contributed by atoms with Crippen molar-refractivity contribution in [3.63, 3.8) is 0 Å². The molecule has 1 aromatic carbocycles. The summed E-state index contributed by atoms with van der Waals surface area (Å²) in [5.41, 5.74) is 2.40. The number of rotatable bonds is 6. The molecule has 148 valence electrons. The van der Waals surface area contributed by atoms with Crippen molar-refractivity contribution in [3.05, 3.63) is 53.9 Å². The lowest BCUT2D eigenvalue weighted by Crippen LogP contribution is -2.50. The predicted molar refractivity (Wildman–Crippen MR) is 108 cm³/mol. The standard InChI is InChI=1S/C21H26N4O3/c1-16(26)24-11-13-25(14-12-24)21(27)19-15-18(8-10-23-19)22-9-7-17-5-3-4-6-20(17)28-2/h3-6,8,10,15H,7,9,11-14H2,1-2H3,(H,22,23). The fourth-order valence-corrected chi connectivity index (χ4v) is 3.29. The van der Waals surface area contributed by atoms with Gasteiger partial charge in [-0.15, -0.1) is 0 Å². The number of amides is 2. The Balaban J connectivity index is 1.56. The van der Waals surface area contributed by atoms with Gasteiger partial charge >= 0.3 is 0 Å². The molecule has 1 aliphatic rings. The lowest BCUT2D eigenvalue weighted by atomic mass is 10.1. The molecule has 1 N–H and O–H groups in total. The van der Waals surface area contributed by atoms with Crippen molar-refractivity contribution in [2.24, 2.45) is 0 Å². The maximum Gasteiger partial charge on any atom is 0.272 e. The molecular formula is C21H26N4O3. The van der Waals surface area contributed by atoms with Crippen LogP contribution in [0.3, 0.4) is 0 Å². The minimum atomic E-state index is -0.100. The zero-order valence-electron chi connectivity index (χ0n) is 16.4. The molecule has 0 unspecified atom stereocenters. The number of piperazine rings is 1. The number of nitrogens with zero attached hydrogens (tertiary/aromatic N) is 3. The first-order valence-electron chi connectivity index (χ1n) is 9.45. The molecule has 2 aromatic rings. The van der Waals surface area contributed by atoms with Crippen molar-refractivity contribution in [1.29, 1.82) is 0 Å². The van der Waals surface area contributed by atoms with E-state index in [1.165, 1.54) is 0 Å². The number of ether oxygens (including phenoxy) is 1. The number of nitrogens with one attached hydrogen (secondary N) is 1. The molecule has 1 aromatic heterocycles. The first-order chi connectivity index (χ1) is 13.6. The van der Waals surface area contributed by atoms with Gasteiger partial charge < -0.3 is 19.9 Å². The molecule has 7 heteroatoms. The van der Waals surface area contributed by atoms with Crippen LogP contribution in [0.15, 0.2) is 42.6 Å². The van der Waals surface area contributed by atoms with Crippen LogP contribution in [0.2, 0.25) is 0 Å². The highest BCUT2D eigenvalue weighted by molar-refractivity contribution is 5.93. The maximum atomic E-state index is 12.7. The summed E-state index contributed by atoms with van der Waals surface area (Å²) in [5.74, 6) is 0.822. The summed E-state index contributed by atoms with van der Waals surface area (Å²) in [5, 5.41) is 3.35. The van der Waals surface area contributed by atoms with Crippen molar-refractivity contribution < 1.29 is 14.3 Å². The van der Waals surface area contributed by atoms with Gasteiger partial charge in [0.1, 0.15) is 11.4 Å². The summed E-state index contributed by atoms with van der Waals surface area (Å²) in [7, 11) is 1.67. The SMILES string of the molecule is COc1ccccc1CCNc1ccnc(C(=O)N2CCN(C(C)=O)CC2)c1. The van der Waals surface area contributed by atoms with Gasteiger partial charge in [0.15, 0.2) is 0 Å². The van der Waals surface area contributed by atoms with Crippen molar-refractivity contribution in [2.45, 2.75) is 13.3 Å². The minimum absolute atomic E-state index is 0.0477. The molecule has 1 saturated heterocycles. The lowest BCUT2D eigenvalue weighted by Gasteiger charge is -2.34. The van der Waals surface area contributed by atoms with Crippen LogP contribution in [0.25, 0.3) is 0 Å². The summed E-state index contributed by atoms with van der Waals surface area (Å²) in [6, 6.07) is 11.6. The minimum Gasteiger partial charge on any atom is -0.496 e. The van der Waals surface area contributed by atoms with Gasteiger partial charge in [-0.3, -0.25) is 14.6 Å². The Morgan fingerprint density at radius 1 is 1.11 bits per heavy atom. The van der Waals surface area contributed by atoms with E-state index in [1.54, 1.807) is 36.1 Å². The highest BCUT2D eigenvalue weighted by Gasteiger charge is 2.24. The van der Waals surface area contributed by atoms with Crippen LogP contribution in [-0.2, 0) is 11.2 Å². The van der Waals surface area contributed by atoms with Crippen LogP contribution < -0.4 is 10.1 Å². The summed E-state index contributed by atoms with van der Waals surface area (Å²) < 4.78 is 5.38. The quantitative estimate of drug-likeness (QED) is 0.828. The summed E-state index contributed by atoms with van der Waals surface area (Å²) in [4.78, 5) is 31.9. The molecule has 1 aliphatic heterocycles. The van der Waals surface area contributed by atoms with Crippen molar-refractivity contribution in [3.8, 4) is 5.75 Å². The zero-order valence-corrected chi connectivity index (χ0v) is 16.4. The lowest BCUT2D eigenvalue weighted by molar-refractivity contribution is -0.130. The van der Waals surface area contributed by atoms with E-state index in [0.717, 1.165) is 30.0 Å². The van der Waals surface area contributed by atoms with Crippen LogP contribution >= 0.6 is 0 Å². The molecule has 2 amide bonds. The topological polar surface area (TPSA) is 74.8 Å². The zero-order chi connectivity index (χ0) is 19.9. The maximum absolute atomic E-state index is 12.7. The van der Waals surface area contributed by atoms with E-state index in [2.05, 4.69) is 10.3 Å². The van der Waals surface area contributed by atoms with Gasteiger partial charge in [-0.1, -0.05) is 18.2 Å². The number of para-hydroxylation sites is 1. The van der Waals surface area contributed by atoms with E-state index < -0.39 is 0 Å². The molecule has 7 nitrogen and oxygen atoms in total. The molecule has 0 bridgehead atoms. The van der Waals surface area contributed by atoms with Crippen LogP contribution in [0.1, 0.15) is 23.0 Å². The number of benzene rings is 1. The molecule has 0 saturated carbocycles. The number of carbonyl (C=O) groups is 2. The van der Waals surface area contributed by atoms with E-state index in [0.29, 0.717) is 31.9 Å². The Hall–Kier alpha value is -3.09. The van der Waals surface area contributed by atoms with Gasteiger partial charge in [0.05, 0.1) is 7.11 Å². The Morgan fingerprint density at radius 3 is 2.54 bits per heavy atom. The number of carbonyl (C=O) groups excluding carboxylic acids is 2. The highest BCUT2D eigenvalue weighted by atomic mass is 16.5. The molecule has 0 aliphatic carbocycles. The molecule has 28 heavy (non-hydrogen) atoms. The van der Waals surface area contributed by atoms with Gasteiger partial charge in [-0.25, -0.2) is 0 Å². The van der Waals surface area contributed by atoms with Gasteiger partial charge in [0, 0.05) is 51.5 Å². The number of aromatic nitrogens is 1. The van der Waals surface area contributed by atoms with Crippen LogP contribution in [0, 0.1) is 0 Å². The Labute approximate surface area is 165 Å². The second-order valence-electron chi connectivity index (χ2n) is 6.72. The first-order valence-corrected chi connectivity index (χ1v) is 9.45. The van der Waals surface area contributed by atoms with Crippen LogP contribution in [0.4, 0.5) is 5.69 Å². The second kappa shape index (κ2) is 9.21. The number of pyridine rings is 1. The van der Waals surface area contributed by atoms with Gasteiger partial charge in [0.25, 0.3) is 5.91 Å². The van der Waals surface area contributed by atoms with E-state index in [-0.39, 0.29) is 11.8 Å². The molecule has 2 heterocycles. The van der Waals surface area contributed by atoms with Crippen LogP contribution in [-0.4, -0.2) is 66.4 Å². The molecule has 0 spiro atoms. The number of hydrogen-bond acceptors (Lipinski definition) is 5. The van der Waals surface area contributed by atoms with Crippen molar-refractivity contribution in [2.75, 3.05) is 45.2 Å². The second-order valence-corrected chi connectivity index (χ2v) is 6.72. The molecule has 0 atom stereocenters. The summed E-state index contributed by atoms with van der Waals surface area (Å²) in [6.45, 7) is 4.47. The fourth-order valence-electron chi connectivity index (χ4n) is 3.29. The van der Waals surface area contributed by atoms with E-state index >= 15 is 0 Å². The smallest absolute Gasteiger partial charge is 0.272 e. The van der Waals surface area contributed by atoms with E-state index in [1.807, 2.05) is 30.3 Å². The molecule has 1 fully saturated rings. The van der Waals surface area contributed by atoms with Crippen LogP contribution in [0.5, 0.6) is 5.75 Å². The predicted octanol–water partition coefficient (Wildman–Crippen LogP) is 2.05. The van der Waals surface area contributed by atoms with Crippen molar-refractivity contribution >= 4 is 17.5 Å². The Bertz CT molecular complexity index is 832. The average molecular weight is 382 g/mol. The largest absolute Gasteiger partial charge is 0.496 e. The summed E-state index contributed by atoms with van der Waals surface area (Å²) >= 11 is 0. The molecular weight excluding hydrogens is 356 g/mol. The average Bonchev–Trinajstić information content (AvgIpc) is 2.74. The highest BCUT2D eigenvalue weighted by Crippen LogP contribution is 2.18. The van der Waals surface area contributed by atoms with Gasteiger partial charge in [0.2, 0.25) is 5.91 Å². The third-order valence-corrected chi connectivity index (χ3v) is 4.91. The normalized spacial score (nSPS) is 13.9. The first kappa shape index (κ1) is 19.7. The van der Waals surface area contributed by atoms with Gasteiger partial charge in [-0.05, 0) is 30.2 Å². The number of anilines is 1. The molecule has 0 radical (unpaired) electrons. The fraction of sp³-hybridized carbons (Fsp3) is 0.381.